The summed E-state index contributed by atoms with van der Waals surface area (Å²) >= 11 is 0. The van der Waals surface area contributed by atoms with E-state index >= 15 is 0 Å². The molecule has 1 aromatic rings. The molecule has 1 fully saturated rings. The third-order valence-electron chi connectivity index (χ3n) is 3.74. The fraction of sp³-hybridized carbons (Fsp3) is 0.611. The third-order valence-corrected chi connectivity index (χ3v) is 3.74. The van der Waals surface area contributed by atoms with Gasteiger partial charge in [-0.15, -0.1) is 24.0 Å². The largest absolute Gasteiger partial charge is 0.468 e. The number of halogens is 4. The van der Waals surface area contributed by atoms with E-state index < -0.39 is 18.4 Å². The second-order valence-electron chi connectivity index (χ2n) is 7.56. The number of hydrogen-bond donors (Lipinski definition) is 2. The highest BCUT2D eigenvalue weighted by atomic mass is 127. The van der Waals surface area contributed by atoms with Crippen LogP contribution in [-0.4, -0.2) is 66.5 Å². The van der Waals surface area contributed by atoms with Crippen molar-refractivity contribution in [1.82, 2.24) is 20.5 Å². The lowest BCUT2D eigenvalue weighted by atomic mass is 10.1. The lowest BCUT2D eigenvalue weighted by Gasteiger charge is -2.40. The fourth-order valence-corrected chi connectivity index (χ4v) is 2.38. The molecular formula is C18H27F3IN5O3. The predicted octanol–water partition coefficient (Wildman–Crippen LogP) is 2.93. The van der Waals surface area contributed by atoms with Crippen molar-refractivity contribution in [1.29, 1.82) is 0 Å². The van der Waals surface area contributed by atoms with E-state index in [-0.39, 0.29) is 42.0 Å². The average molecular weight is 545 g/mol. The van der Waals surface area contributed by atoms with Crippen molar-refractivity contribution >= 4 is 36.0 Å². The van der Waals surface area contributed by atoms with E-state index in [0.717, 1.165) is 5.56 Å². The molecule has 8 nitrogen and oxygen atoms in total. The zero-order valence-corrected chi connectivity index (χ0v) is 19.6. The highest BCUT2D eigenvalue weighted by Crippen LogP contribution is 2.17. The third kappa shape index (κ3) is 9.22. The van der Waals surface area contributed by atoms with Crippen LogP contribution in [0.1, 0.15) is 26.3 Å². The standard InChI is InChI=1S/C18H26F3N5O3.HI/c1-17(2,3)29-16(27)26-9-13(10-26)25-15(22-4)24-8-12-5-6-14(23-7-12)28-11-18(19,20)21;/h5-7,13H,8-11H2,1-4H3,(H2,22,24,25);1H. The van der Waals surface area contributed by atoms with Crippen molar-refractivity contribution in [3.63, 3.8) is 0 Å². The Morgan fingerprint density at radius 3 is 2.47 bits per heavy atom. The summed E-state index contributed by atoms with van der Waals surface area (Å²) in [4.78, 5) is 21.5. The van der Waals surface area contributed by atoms with Gasteiger partial charge in [-0.3, -0.25) is 4.99 Å². The lowest BCUT2D eigenvalue weighted by molar-refractivity contribution is -0.154. The molecule has 0 unspecified atom stereocenters. The van der Waals surface area contributed by atoms with Crippen LogP contribution in [0.2, 0.25) is 0 Å². The SMILES string of the molecule is CN=C(NCc1ccc(OCC(F)(F)F)nc1)NC1CN(C(=O)OC(C)(C)C)C1.I. The van der Waals surface area contributed by atoms with Crippen LogP contribution in [0.3, 0.4) is 0 Å². The number of likely N-dealkylation sites (tertiary alicyclic amines) is 1. The minimum Gasteiger partial charge on any atom is -0.468 e. The second kappa shape index (κ2) is 10.9. The molecule has 1 amide bonds. The number of nitrogens with zero attached hydrogens (tertiary/aromatic N) is 3. The van der Waals surface area contributed by atoms with Crippen molar-refractivity contribution in [3.05, 3.63) is 23.9 Å². The van der Waals surface area contributed by atoms with Crippen LogP contribution in [0.4, 0.5) is 18.0 Å². The van der Waals surface area contributed by atoms with Crippen LogP contribution < -0.4 is 15.4 Å². The number of aliphatic imine (C=N–C) groups is 1. The Hall–Kier alpha value is -1.99. The first-order valence-corrected chi connectivity index (χ1v) is 9.05. The molecule has 30 heavy (non-hydrogen) atoms. The van der Waals surface area contributed by atoms with Crippen LogP contribution in [0.25, 0.3) is 0 Å². The number of aromatic nitrogens is 1. The number of carbonyl (C=O) groups excluding carboxylic acids is 1. The first-order chi connectivity index (χ1) is 13.4. The van der Waals surface area contributed by atoms with Gasteiger partial charge < -0.3 is 25.0 Å². The lowest BCUT2D eigenvalue weighted by Crippen LogP contribution is -2.63. The summed E-state index contributed by atoms with van der Waals surface area (Å²) in [5.41, 5.74) is 0.213. The molecule has 2 rings (SSSR count). The Morgan fingerprint density at radius 1 is 1.30 bits per heavy atom. The second-order valence-corrected chi connectivity index (χ2v) is 7.56. The van der Waals surface area contributed by atoms with E-state index in [2.05, 4.69) is 25.3 Å². The number of hydrogen-bond acceptors (Lipinski definition) is 5. The number of alkyl halides is 3. The molecule has 2 heterocycles. The van der Waals surface area contributed by atoms with E-state index in [1.54, 1.807) is 18.0 Å². The van der Waals surface area contributed by atoms with Gasteiger partial charge in [-0.25, -0.2) is 9.78 Å². The molecule has 1 aliphatic rings. The van der Waals surface area contributed by atoms with Gasteiger partial charge in [0.15, 0.2) is 12.6 Å². The molecular weight excluding hydrogens is 518 g/mol. The molecule has 0 spiro atoms. The Kier molecular flexibility index (Phi) is 9.43. The quantitative estimate of drug-likeness (QED) is 0.336. The van der Waals surface area contributed by atoms with Crippen LogP contribution in [-0.2, 0) is 11.3 Å². The summed E-state index contributed by atoms with van der Waals surface area (Å²) in [7, 11) is 1.62. The summed E-state index contributed by atoms with van der Waals surface area (Å²) in [5.74, 6) is 0.446. The number of ether oxygens (including phenoxy) is 2. The first-order valence-electron chi connectivity index (χ1n) is 9.05. The van der Waals surface area contributed by atoms with Crippen molar-refractivity contribution < 1.29 is 27.4 Å². The highest BCUT2D eigenvalue weighted by Gasteiger charge is 2.34. The number of nitrogens with one attached hydrogen (secondary N) is 2. The van der Waals surface area contributed by atoms with Crippen LogP contribution in [0.5, 0.6) is 5.88 Å². The molecule has 0 aliphatic carbocycles. The molecule has 0 bridgehead atoms. The van der Waals surface area contributed by atoms with Gasteiger partial charge in [0.1, 0.15) is 5.60 Å². The van der Waals surface area contributed by atoms with Gasteiger partial charge in [-0.1, -0.05) is 6.07 Å². The molecule has 0 saturated carbocycles. The van der Waals surface area contributed by atoms with Gasteiger partial charge in [0.25, 0.3) is 0 Å². The van der Waals surface area contributed by atoms with Gasteiger partial charge in [0, 0.05) is 38.9 Å². The van der Waals surface area contributed by atoms with Crippen LogP contribution in [0.15, 0.2) is 23.3 Å². The molecule has 1 aromatic heterocycles. The van der Waals surface area contributed by atoms with E-state index in [9.17, 15) is 18.0 Å². The predicted molar refractivity (Wildman–Crippen MR) is 116 cm³/mol. The molecule has 170 valence electrons. The van der Waals surface area contributed by atoms with Crippen LogP contribution in [0, 0.1) is 0 Å². The van der Waals surface area contributed by atoms with Crippen molar-refractivity contribution in [2.45, 2.75) is 45.1 Å². The summed E-state index contributed by atoms with van der Waals surface area (Å²) in [6.07, 6.45) is -3.32. The maximum absolute atomic E-state index is 12.1. The summed E-state index contributed by atoms with van der Waals surface area (Å²) in [6.45, 7) is 5.44. The number of amides is 1. The Morgan fingerprint density at radius 2 is 1.97 bits per heavy atom. The molecule has 2 N–H and O–H groups in total. The van der Waals surface area contributed by atoms with Gasteiger partial charge in [-0.05, 0) is 26.3 Å². The van der Waals surface area contributed by atoms with Crippen molar-refractivity contribution in [2.75, 3.05) is 26.7 Å². The number of pyridine rings is 1. The maximum atomic E-state index is 12.1. The van der Waals surface area contributed by atoms with Crippen LogP contribution >= 0.6 is 24.0 Å². The fourth-order valence-electron chi connectivity index (χ4n) is 2.38. The zero-order valence-electron chi connectivity index (χ0n) is 17.2. The van der Waals surface area contributed by atoms with Gasteiger partial charge >= 0.3 is 12.3 Å². The van der Waals surface area contributed by atoms with Crippen molar-refractivity contribution in [2.24, 2.45) is 4.99 Å². The number of rotatable bonds is 5. The Labute approximate surface area is 190 Å². The highest BCUT2D eigenvalue weighted by molar-refractivity contribution is 14.0. The monoisotopic (exact) mass is 545 g/mol. The summed E-state index contributed by atoms with van der Waals surface area (Å²) in [5, 5.41) is 6.27. The first kappa shape index (κ1) is 26.0. The zero-order chi connectivity index (χ0) is 21.7. The molecule has 0 atom stereocenters. The molecule has 0 aromatic carbocycles. The molecule has 1 aliphatic heterocycles. The van der Waals surface area contributed by atoms with E-state index in [0.29, 0.717) is 25.6 Å². The average Bonchev–Trinajstić information content (AvgIpc) is 2.57. The molecule has 1 saturated heterocycles. The Balaban J connectivity index is 0.00000450. The van der Waals surface area contributed by atoms with Gasteiger partial charge in [0.2, 0.25) is 5.88 Å². The summed E-state index contributed by atoms with van der Waals surface area (Å²) in [6, 6.07) is 3.04. The smallest absolute Gasteiger partial charge is 0.422 e. The van der Waals surface area contributed by atoms with Gasteiger partial charge in [-0.2, -0.15) is 13.2 Å². The topological polar surface area (TPSA) is 88.1 Å². The molecule has 12 heteroatoms. The number of guanidine groups is 1. The molecule has 0 radical (unpaired) electrons. The normalized spacial score (nSPS) is 15.0. The van der Waals surface area contributed by atoms with E-state index in [1.165, 1.54) is 12.3 Å². The maximum Gasteiger partial charge on any atom is 0.422 e. The van der Waals surface area contributed by atoms with E-state index in [4.69, 9.17) is 4.74 Å². The summed E-state index contributed by atoms with van der Waals surface area (Å²) < 4.78 is 46.3. The van der Waals surface area contributed by atoms with E-state index in [1.807, 2.05) is 20.8 Å². The minimum absolute atomic E-state index is 0. The van der Waals surface area contributed by atoms with Gasteiger partial charge in [0.05, 0.1) is 6.04 Å². The minimum atomic E-state index is -4.40. The Bertz CT molecular complexity index is 717. The number of carbonyl (C=O) groups is 1. The van der Waals surface area contributed by atoms with Crippen molar-refractivity contribution in [3.8, 4) is 5.88 Å².